The standard InChI is InChI=1S/C28H21ClN2O5/c1-3-14-35-25-13-8-21(29)15-20(25)16-24-26(32)30-28(34)31(27(24)33)22-9-11-23(12-10-22)36-17-19-6-4-18(2)5-7-19/h1,4-13,15-16H,14,17H2,2H3,(H,30,32,34)/b24-16+. The molecule has 0 radical (unpaired) electrons. The summed E-state index contributed by atoms with van der Waals surface area (Å²) in [6.45, 7) is 2.37. The van der Waals surface area contributed by atoms with Crippen LogP contribution in [0.2, 0.25) is 5.02 Å². The lowest BCUT2D eigenvalue weighted by molar-refractivity contribution is -0.122. The van der Waals surface area contributed by atoms with Crippen molar-refractivity contribution in [3.63, 3.8) is 0 Å². The minimum atomic E-state index is -0.856. The van der Waals surface area contributed by atoms with Crippen molar-refractivity contribution in [2.45, 2.75) is 13.5 Å². The van der Waals surface area contributed by atoms with Crippen molar-refractivity contribution in [2.75, 3.05) is 11.5 Å². The van der Waals surface area contributed by atoms with E-state index in [1.807, 2.05) is 31.2 Å². The number of aryl methyl sites for hydroxylation is 1. The van der Waals surface area contributed by atoms with Crippen molar-refractivity contribution >= 4 is 41.2 Å². The Morgan fingerprint density at radius 2 is 1.72 bits per heavy atom. The highest BCUT2D eigenvalue weighted by atomic mass is 35.5. The van der Waals surface area contributed by atoms with Crippen molar-refractivity contribution in [3.8, 4) is 23.8 Å². The van der Waals surface area contributed by atoms with Crippen molar-refractivity contribution in [3.05, 3.63) is 94.0 Å². The zero-order chi connectivity index (χ0) is 25.7. The number of benzene rings is 3. The van der Waals surface area contributed by atoms with Gasteiger partial charge in [-0.2, -0.15) is 0 Å². The van der Waals surface area contributed by atoms with Gasteiger partial charge in [0.1, 0.15) is 30.3 Å². The second-order valence-corrected chi connectivity index (χ2v) is 8.34. The van der Waals surface area contributed by atoms with Gasteiger partial charge in [-0.3, -0.25) is 14.9 Å². The summed E-state index contributed by atoms with van der Waals surface area (Å²) in [7, 11) is 0. The van der Waals surface area contributed by atoms with Crippen LogP contribution >= 0.6 is 11.6 Å². The molecule has 1 N–H and O–H groups in total. The monoisotopic (exact) mass is 500 g/mol. The number of ether oxygens (including phenoxy) is 2. The lowest BCUT2D eigenvalue weighted by Crippen LogP contribution is -2.54. The van der Waals surface area contributed by atoms with E-state index in [4.69, 9.17) is 27.5 Å². The van der Waals surface area contributed by atoms with Crippen LogP contribution in [0, 0.1) is 19.3 Å². The number of nitrogens with zero attached hydrogens (tertiary/aromatic N) is 1. The molecule has 1 fully saturated rings. The van der Waals surface area contributed by atoms with E-state index in [0.29, 0.717) is 28.7 Å². The van der Waals surface area contributed by atoms with E-state index >= 15 is 0 Å². The quantitative estimate of drug-likeness (QED) is 0.283. The van der Waals surface area contributed by atoms with E-state index in [2.05, 4.69) is 11.2 Å². The lowest BCUT2D eigenvalue weighted by Gasteiger charge is -2.26. The van der Waals surface area contributed by atoms with Gasteiger partial charge >= 0.3 is 6.03 Å². The molecule has 0 aliphatic carbocycles. The summed E-state index contributed by atoms with van der Waals surface area (Å²) < 4.78 is 11.3. The number of carbonyl (C=O) groups excluding carboxylic acids is 3. The summed E-state index contributed by atoms with van der Waals surface area (Å²) in [5.74, 6) is 1.63. The fraction of sp³-hybridized carbons (Fsp3) is 0.107. The van der Waals surface area contributed by atoms with Gasteiger partial charge in [-0.25, -0.2) is 9.69 Å². The molecule has 180 valence electrons. The number of hydrogen-bond acceptors (Lipinski definition) is 5. The van der Waals surface area contributed by atoms with Crippen LogP contribution in [0.3, 0.4) is 0 Å². The minimum absolute atomic E-state index is 0.0130. The largest absolute Gasteiger partial charge is 0.489 e. The number of barbiturate groups is 1. The Bertz CT molecular complexity index is 1390. The van der Waals surface area contributed by atoms with Crippen LogP contribution in [0.25, 0.3) is 6.08 Å². The van der Waals surface area contributed by atoms with Crippen LogP contribution in [0.4, 0.5) is 10.5 Å². The Kier molecular flexibility index (Phi) is 7.38. The molecular weight excluding hydrogens is 480 g/mol. The van der Waals surface area contributed by atoms with E-state index in [1.54, 1.807) is 36.4 Å². The molecule has 1 aliphatic rings. The summed E-state index contributed by atoms with van der Waals surface area (Å²) >= 11 is 6.09. The SMILES string of the molecule is C#CCOc1ccc(Cl)cc1/C=C1\C(=O)NC(=O)N(c2ccc(OCc3ccc(C)cc3)cc2)C1=O. The smallest absolute Gasteiger partial charge is 0.335 e. The van der Waals surface area contributed by atoms with E-state index in [1.165, 1.54) is 12.1 Å². The summed E-state index contributed by atoms with van der Waals surface area (Å²) in [5.41, 5.74) is 2.54. The van der Waals surface area contributed by atoms with Crippen LogP contribution in [0.15, 0.2) is 72.3 Å². The first-order chi connectivity index (χ1) is 17.4. The third-order valence-corrected chi connectivity index (χ3v) is 5.54. The second kappa shape index (κ2) is 10.8. The minimum Gasteiger partial charge on any atom is -0.489 e. The van der Waals surface area contributed by atoms with Crippen LogP contribution in [-0.4, -0.2) is 24.5 Å². The fourth-order valence-corrected chi connectivity index (χ4v) is 3.65. The molecule has 0 unspecified atom stereocenters. The van der Waals surface area contributed by atoms with Gasteiger partial charge in [-0.05, 0) is 61.0 Å². The molecule has 7 nitrogen and oxygen atoms in total. The average molecular weight is 501 g/mol. The first-order valence-electron chi connectivity index (χ1n) is 10.9. The highest BCUT2D eigenvalue weighted by molar-refractivity contribution is 6.39. The number of carbonyl (C=O) groups is 3. The molecule has 3 aromatic rings. The molecule has 8 heteroatoms. The highest BCUT2D eigenvalue weighted by Crippen LogP contribution is 2.28. The lowest BCUT2D eigenvalue weighted by atomic mass is 10.1. The predicted octanol–water partition coefficient (Wildman–Crippen LogP) is 4.91. The van der Waals surface area contributed by atoms with Gasteiger partial charge in [0, 0.05) is 10.6 Å². The number of halogens is 1. The Morgan fingerprint density at radius 1 is 1.00 bits per heavy atom. The molecular formula is C28H21ClN2O5. The maximum Gasteiger partial charge on any atom is 0.335 e. The van der Waals surface area contributed by atoms with Gasteiger partial charge in [0.25, 0.3) is 11.8 Å². The third-order valence-electron chi connectivity index (χ3n) is 5.31. The van der Waals surface area contributed by atoms with Crippen molar-refractivity contribution < 1.29 is 23.9 Å². The highest BCUT2D eigenvalue weighted by Gasteiger charge is 2.37. The zero-order valence-corrected chi connectivity index (χ0v) is 20.0. The molecule has 36 heavy (non-hydrogen) atoms. The number of nitrogens with one attached hydrogen (secondary N) is 1. The summed E-state index contributed by atoms with van der Waals surface area (Å²) in [6, 6.07) is 18.2. The number of imide groups is 2. The molecule has 1 saturated heterocycles. The Hall–Kier alpha value is -4.54. The number of anilines is 1. The molecule has 0 atom stereocenters. The summed E-state index contributed by atoms with van der Waals surface area (Å²) in [5, 5.41) is 2.56. The molecule has 0 spiro atoms. The van der Waals surface area contributed by atoms with E-state index in [9.17, 15) is 14.4 Å². The summed E-state index contributed by atoms with van der Waals surface area (Å²) in [6.07, 6.45) is 6.57. The number of urea groups is 1. The fourth-order valence-electron chi connectivity index (χ4n) is 3.47. The Balaban J connectivity index is 1.56. The van der Waals surface area contributed by atoms with Crippen LogP contribution < -0.4 is 19.7 Å². The van der Waals surface area contributed by atoms with Gasteiger partial charge in [0.05, 0.1) is 5.69 Å². The van der Waals surface area contributed by atoms with Crippen LogP contribution in [-0.2, 0) is 16.2 Å². The van der Waals surface area contributed by atoms with E-state index < -0.39 is 17.8 Å². The molecule has 1 aliphatic heterocycles. The van der Waals surface area contributed by atoms with Gasteiger partial charge < -0.3 is 9.47 Å². The van der Waals surface area contributed by atoms with Crippen LogP contribution in [0.5, 0.6) is 11.5 Å². The van der Waals surface area contributed by atoms with E-state index in [-0.39, 0.29) is 17.9 Å². The number of amides is 4. The topological polar surface area (TPSA) is 84.9 Å². The number of rotatable bonds is 7. The van der Waals surface area contributed by atoms with Crippen molar-refractivity contribution in [1.82, 2.24) is 5.32 Å². The molecule has 4 rings (SSSR count). The van der Waals surface area contributed by atoms with Gasteiger partial charge in [0.2, 0.25) is 0 Å². The van der Waals surface area contributed by atoms with Crippen LogP contribution in [0.1, 0.15) is 16.7 Å². The average Bonchev–Trinajstić information content (AvgIpc) is 2.86. The van der Waals surface area contributed by atoms with Gasteiger partial charge in [0.15, 0.2) is 0 Å². The maximum absolute atomic E-state index is 13.2. The maximum atomic E-state index is 13.2. The Labute approximate surface area is 213 Å². The molecule has 3 aromatic carbocycles. The number of terminal acetylenes is 1. The third kappa shape index (κ3) is 5.57. The molecule has 0 bridgehead atoms. The summed E-state index contributed by atoms with van der Waals surface area (Å²) in [4.78, 5) is 39.2. The molecule has 0 saturated carbocycles. The van der Waals surface area contributed by atoms with Crippen molar-refractivity contribution in [1.29, 1.82) is 0 Å². The van der Waals surface area contributed by atoms with Crippen molar-refractivity contribution in [2.24, 2.45) is 0 Å². The second-order valence-electron chi connectivity index (χ2n) is 7.90. The first kappa shape index (κ1) is 24.6. The number of hydrogen-bond donors (Lipinski definition) is 1. The Morgan fingerprint density at radius 3 is 2.42 bits per heavy atom. The molecule has 4 amide bonds. The van der Waals surface area contributed by atoms with Gasteiger partial charge in [-0.15, -0.1) is 6.42 Å². The normalized spacial score (nSPS) is 14.4. The molecule has 1 heterocycles. The molecule has 0 aromatic heterocycles. The zero-order valence-electron chi connectivity index (χ0n) is 19.3. The predicted molar refractivity (Wildman–Crippen MR) is 137 cm³/mol. The first-order valence-corrected chi connectivity index (χ1v) is 11.3. The van der Waals surface area contributed by atoms with E-state index in [0.717, 1.165) is 16.0 Å². The van der Waals surface area contributed by atoms with Gasteiger partial charge in [-0.1, -0.05) is 47.4 Å².